The molecule has 17 nitrogen and oxygen atoms in total. The minimum Gasteiger partial charge on any atom is -0.381 e. The summed E-state index contributed by atoms with van der Waals surface area (Å²) >= 11 is 0. The molecule has 3 rings (SSSR count). The average molecular weight is 660 g/mol. The van der Waals surface area contributed by atoms with Crippen molar-refractivity contribution in [3.05, 3.63) is 24.3 Å². The molecule has 0 aliphatic carbocycles. The van der Waals surface area contributed by atoms with Crippen LogP contribution in [0.4, 0.5) is 0 Å². The minimum atomic E-state index is -0.883. The predicted octanol–water partition coefficient (Wildman–Crippen LogP) is -1.25. The van der Waals surface area contributed by atoms with Crippen molar-refractivity contribution in [1.29, 1.82) is 0 Å². The van der Waals surface area contributed by atoms with Crippen LogP contribution >= 0.6 is 0 Å². The van der Waals surface area contributed by atoms with Crippen LogP contribution in [-0.4, -0.2) is 113 Å². The van der Waals surface area contributed by atoms with Crippen molar-refractivity contribution in [1.82, 2.24) is 25.5 Å². The number of imide groups is 3. The Bertz CT molecular complexity index is 1300. The number of carbonyl (C=O) groups excluding carboxylic acids is 10. The number of nitrogens with one attached hydrogen (secondary N) is 2. The van der Waals surface area contributed by atoms with Crippen LogP contribution < -0.4 is 10.6 Å². The van der Waals surface area contributed by atoms with Gasteiger partial charge in [0.15, 0.2) is 5.78 Å². The highest BCUT2D eigenvalue weighted by molar-refractivity contribution is 6.13. The molecule has 47 heavy (non-hydrogen) atoms. The van der Waals surface area contributed by atoms with E-state index >= 15 is 0 Å². The summed E-state index contributed by atoms with van der Waals surface area (Å²) in [5.74, 6) is -5.18. The molecule has 1 unspecified atom stereocenters. The summed E-state index contributed by atoms with van der Waals surface area (Å²) < 4.78 is 5.36. The third-order valence-electron chi connectivity index (χ3n) is 7.25. The monoisotopic (exact) mass is 659 g/mol. The second-order valence-electron chi connectivity index (χ2n) is 10.8. The molecule has 0 aromatic carbocycles. The molecule has 1 fully saturated rings. The molecule has 1 saturated heterocycles. The first-order valence-electron chi connectivity index (χ1n) is 15.3. The molecule has 3 aliphatic rings. The zero-order chi connectivity index (χ0) is 34.3. The van der Waals surface area contributed by atoms with Crippen LogP contribution in [0.3, 0.4) is 0 Å². The third-order valence-corrected chi connectivity index (χ3v) is 7.25. The molecule has 3 heterocycles. The highest BCUT2D eigenvalue weighted by Gasteiger charge is 2.32. The zero-order valence-electron chi connectivity index (χ0n) is 25.7. The highest BCUT2D eigenvalue weighted by Crippen LogP contribution is 2.13. The average Bonchev–Trinajstić information content (AvgIpc) is 3.65. The Morgan fingerprint density at radius 3 is 1.81 bits per heavy atom. The molecule has 8 amide bonds. The van der Waals surface area contributed by atoms with E-state index in [1.807, 2.05) is 0 Å². The van der Waals surface area contributed by atoms with E-state index in [1.165, 1.54) is 0 Å². The standard InChI is InChI=1S/C30H37N5O12/c36-21(5-3-18-46-19-14-30(45)47-35-28(43)10-11-29(35)44)20(32-23(38)13-17-34-26(41)8-9-27(34)42)4-1-2-15-31-22(37)12-16-33-24(39)6-7-25(33)40/h6-9,20H,1-5,10-19H2,(H,31,37)(H,32,38). The maximum absolute atomic E-state index is 13.0. The van der Waals surface area contributed by atoms with Gasteiger partial charge in [0.25, 0.3) is 35.4 Å². The van der Waals surface area contributed by atoms with Crippen molar-refractivity contribution in [3.8, 4) is 0 Å². The Balaban J connectivity index is 1.37. The van der Waals surface area contributed by atoms with Crippen LogP contribution in [0.1, 0.15) is 64.2 Å². The lowest BCUT2D eigenvalue weighted by Gasteiger charge is -2.19. The number of nitrogens with zero attached hydrogens (tertiary/aromatic N) is 3. The molecule has 0 spiro atoms. The quantitative estimate of drug-likeness (QED) is 0.109. The molecule has 0 bridgehead atoms. The molecular weight excluding hydrogens is 622 g/mol. The van der Waals surface area contributed by atoms with Gasteiger partial charge >= 0.3 is 5.97 Å². The lowest BCUT2D eigenvalue weighted by atomic mass is 10.0. The van der Waals surface area contributed by atoms with Gasteiger partial charge < -0.3 is 20.2 Å². The fourth-order valence-electron chi connectivity index (χ4n) is 4.69. The van der Waals surface area contributed by atoms with Crippen LogP contribution in [0.25, 0.3) is 0 Å². The van der Waals surface area contributed by atoms with Gasteiger partial charge in [0.05, 0.1) is 19.1 Å². The summed E-state index contributed by atoms with van der Waals surface area (Å²) in [4.78, 5) is 126. The van der Waals surface area contributed by atoms with E-state index in [0.717, 1.165) is 34.1 Å². The smallest absolute Gasteiger partial charge is 0.335 e. The molecule has 0 radical (unpaired) electrons. The normalized spacial score (nSPS) is 16.5. The minimum absolute atomic E-state index is 0.0186. The number of Topliss-reactive ketones (excluding diaryl/α,β-unsaturated/α-hetero) is 1. The van der Waals surface area contributed by atoms with E-state index in [0.29, 0.717) is 17.9 Å². The second kappa shape index (κ2) is 18.2. The highest BCUT2D eigenvalue weighted by atomic mass is 16.7. The molecule has 0 saturated carbocycles. The van der Waals surface area contributed by atoms with E-state index < -0.39 is 53.4 Å². The summed E-state index contributed by atoms with van der Waals surface area (Å²) in [5, 5.41) is 5.79. The Kier molecular flexibility index (Phi) is 14.1. The van der Waals surface area contributed by atoms with E-state index in [9.17, 15) is 47.9 Å². The van der Waals surface area contributed by atoms with Crippen molar-refractivity contribution >= 4 is 59.0 Å². The number of hydroxylamine groups is 2. The van der Waals surface area contributed by atoms with Crippen LogP contribution in [-0.2, 0) is 57.5 Å². The van der Waals surface area contributed by atoms with Gasteiger partial charge in [0, 0.05) is 82.6 Å². The maximum atomic E-state index is 13.0. The van der Waals surface area contributed by atoms with Gasteiger partial charge in [-0.3, -0.25) is 53.0 Å². The lowest BCUT2D eigenvalue weighted by molar-refractivity contribution is -0.198. The number of ketones is 1. The fourth-order valence-corrected chi connectivity index (χ4v) is 4.69. The summed E-state index contributed by atoms with van der Waals surface area (Å²) in [5.41, 5.74) is 0. The molecule has 17 heteroatoms. The van der Waals surface area contributed by atoms with E-state index in [4.69, 9.17) is 9.57 Å². The summed E-state index contributed by atoms with van der Waals surface area (Å²) in [7, 11) is 0. The Morgan fingerprint density at radius 1 is 0.681 bits per heavy atom. The van der Waals surface area contributed by atoms with Crippen LogP contribution in [0, 0.1) is 0 Å². The number of hydrogen-bond acceptors (Lipinski definition) is 12. The SMILES string of the molecule is O=C(CCN1C(=O)C=CC1=O)NCCCCC(NC(=O)CCN1C(=O)C=CC1=O)C(=O)CCCOCCC(=O)ON1C(=O)CCC1=O. The van der Waals surface area contributed by atoms with Gasteiger partial charge in [-0.25, -0.2) is 4.79 Å². The van der Waals surface area contributed by atoms with Gasteiger partial charge in [0.2, 0.25) is 11.8 Å². The summed E-state index contributed by atoms with van der Waals surface area (Å²) in [6.45, 7) is 0.0999. The van der Waals surface area contributed by atoms with Gasteiger partial charge in [-0.1, -0.05) is 0 Å². The number of amides is 8. The van der Waals surface area contributed by atoms with E-state index in [2.05, 4.69) is 10.6 Å². The molecular formula is C30H37N5O12. The van der Waals surface area contributed by atoms with Crippen molar-refractivity contribution in [3.63, 3.8) is 0 Å². The number of carbonyl (C=O) groups is 10. The van der Waals surface area contributed by atoms with Gasteiger partial charge in [-0.05, 0) is 25.7 Å². The summed E-state index contributed by atoms with van der Waals surface area (Å²) in [6.07, 6.45) is 5.40. The number of hydrogen-bond donors (Lipinski definition) is 2. The lowest BCUT2D eigenvalue weighted by Crippen LogP contribution is -2.42. The fraction of sp³-hybridized carbons (Fsp3) is 0.533. The summed E-state index contributed by atoms with van der Waals surface area (Å²) in [6, 6.07) is -0.883. The third kappa shape index (κ3) is 11.7. The first-order valence-corrected chi connectivity index (χ1v) is 15.3. The number of rotatable bonds is 21. The van der Waals surface area contributed by atoms with Crippen LogP contribution in [0.2, 0.25) is 0 Å². The Morgan fingerprint density at radius 2 is 1.23 bits per heavy atom. The maximum Gasteiger partial charge on any atom is 0.335 e. The largest absolute Gasteiger partial charge is 0.381 e. The molecule has 1 atom stereocenters. The molecule has 0 aromatic rings. The van der Waals surface area contributed by atoms with Crippen molar-refractivity contribution in [2.45, 2.75) is 70.3 Å². The number of ether oxygens (including phenoxy) is 1. The first kappa shape index (κ1) is 36.4. The van der Waals surface area contributed by atoms with Gasteiger partial charge in [-0.15, -0.1) is 5.06 Å². The molecule has 3 aliphatic heterocycles. The van der Waals surface area contributed by atoms with Crippen molar-refractivity contribution in [2.24, 2.45) is 0 Å². The number of unbranched alkanes of at least 4 members (excludes halogenated alkanes) is 1. The Hall–Kier alpha value is -5.06. The van der Waals surface area contributed by atoms with Gasteiger partial charge in [0.1, 0.15) is 0 Å². The van der Waals surface area contributed by atoms with Gasteiger partial charge in [-0.2, -0.15) is 0 Å². The Labute approximate surface area is 269 Å². The molecule has 254 valence electrons. The molecule has 2 N–H and O–H groups in total. The van der Waals surface area contributed by atoms with Crippen LogP contribution in [0.5, 0.6) is 0 Å². The molecule has 0 aromatic heterocycles. The van der Waals surface area contributed by atoms with E-state index in [-0.39, 0.29) is 95.9 Å². The second-order valence-corrected chi connectivity index (χ2v) is 10.8. The predicted molar refractivity (Wildman–Crippen MR) is 157 cm³/mol. The topological polar surface area (TPSA) is 223 Å². The van der Waals surface area contributed by atoms with Crippen molar-refractivity contribution < 1.29 is 57.5 Å². The first-order chi connectivity index (χ1) is 22.5. The van der Waals surface area contributed by atoms with Crippen molar-refractivity contribution in [2.75, 3.05) is 32.8 Å². The van der Waals surface area contributed by atoms with E-state index in [1.54, 1.807) is 0 Å². The van der Waals surface area contributed by atoms with Crippen LogP contribution in [0.15, 0.2) is 24.3 Å². The zero-order valence-corrected chi connectivity index (χ0v) is 25.7.